The SMILES string of the molecule is Cc1ccc(SSC(C)C)nc1. The van der Waals surface area contributed by atoms with E-state index in [0.29, 0.717) is 5.25 Å². The summed E-state index contributed by atoms with van der Waals surface area (Å²) in [5, 5.41) is 1.75. The van der Waals surface area contributed by atoms with E-state index in [1.165, 1.54) is 5.56 Å². The third-order valence-corrected chi connectivity index (χ3v) is 4.06. The molecule has 1 heterocycles. The fourth-order valence-electron chi connectivity index (χ4n) is 0.649. The smallest absolute Gasteiger partial charge is 0.106 e. The van der Waals surface area contributed by atoms with Crippen LogP contribution in [0.3, 0.4) is 0 Å². The van der Waals surface area contributed by atoms with Crippen LogP contribution in [0.5, 0.6) is 0 Å². The first-order valence-electron chi connectivity index (χ1n) is 3.94. The number of aromatic nitrogens is 1. The second-order valence-corrected chi connectivity index (χ2v) is 5.70. The lowest BCUT2D eigenvalue weighted by atomic mass is 10.3. The van der Waals surface area contributed by atoms with Gasteiger partial charge in [-0.1, -0.05) is 30.7 Å². The van der Waals surface area contributed by atoms with E-state index in [9.17, 15) is 0 Å². The average molecular weight is 199 g/mol. The van der Waals surface area contributed by atoms with Crippen molar-refractivity contribution in [3.05, 3.63) is 23.9 Å². The Kier molecular flexibility index (Phi) is 3.95. The minimum atomic E-state index is 0.651. The molecule has 0 bridgehead atoms. The summed E-state index contributed by atoms with van der Waals surface area (Å²) in [5.41, 5.74) is 1.22. The quantitative estimate of drug-likeness (QED) is 0.691. The Morgan fingerprint density at radius 3 is 2.58 bits per heavy atom. The summed E-state index contributed by atoms with van der Waals surface area (Å²) in [7, 11) is 3.59. The van der Waals surface area contributed by atoms with Gasteiger partial charge >= 0.3 is 0 Å². The standard InChI is InChI=1S/C9H13NS2/c1-7(2)11-12-9-5-4-8(3)6-10-9/h4-7H,1-3H3. The lowest BCUT2D eigenvalue weighted by Crippen LogP contribution is -1.83. The van der Waals surface area contributed by atoms with Crippen LogP contribution in [-0.4, -0.2) is 10.2 Å². The Balaban J connectivity index is 2.48. The molecule has 0 saturated carbocycles. The third-order valence-electron chi connectivity index (χ3n) is 1.21. The van der Waals surface area contributed by atoms with Crippen molar-refractivity contribution in [3.8, 4) is 0 Å². The lowest BCUT2D eigenvalue weighted by molar-refractivity contribution is 1.11. The maximum atomic E-state index is 4.29. The second kappa shape index (κ2) is 4.77. The van der Waals surface area contributed by atoms with Crippen molar-refractivity contribution < 1.29 is 0 Å². The molecule has 1 aromatic heterocycles. The van der Waals surface area contributed by atoms with Crippen LogP contribution in [-0.2, 0) is 0 Å². The number of nitrogens with zero attached hydrogens (tertiary/aromatic N) is 1. The summed E-state index contributed by atoms with van der Waals surface area (Å²) in [5.74, 6) is 0. The monoisotopic (exact) mass is 199 g/mol. The van der Waals surface area contributed by atoms with Gasteiger partial charge in [-0.15, -0.1) is 0 Å². The van der Waals surface area contributed by atoms with E-state index in [4.69, 9.17) is 0 Å². The van der Waals surface area contributed by atoms with Crippen LogP contribution in [0, 0.1) is 6.92 Å². The van der Waals surface area contributed by atoms with E-state index in [1.54, 1.807) is 10.8 Å². The van der Waals surface area contributed by atoms with Crippen molar-refractivity contribution in [1.29, 1.82) is 0 Å². The summed E-state index contributed by atoms with van der Waals surface area (Å²) in [4.78, 5) is 4.29. The summed E-state index contributed by atoms with van der Waals surface area (Å²) >= 11 is 0. The zero-order valence-corrected chi connectivity index (χ0v) is 9.21. The summed E-state index contributed by atoms with van der Waals surface area (Å²) in [6.45, 7) is 6.43. The second-order valence-electron chi connectivity index (χ2n) is 2.90. The van der Waals surface area contributed by atoms with E-state index >= 15 is 0 Å². The van der Waals surface area contributed by atoms with Crippen LogP contribution in [0.4, 0.5) is 0 Å². The molecule has 0 radical (unpaired) electrons. The minimum absolute atomic E-state index is 0.651. The van der Waals surface area contributed by atoms with Gasteiger partial charge in [0, 0.05) is 11.4 Å². The average Bonchev–Trinajstić information content (AvgIpc) is 2.03. The Morgan fingerprint density at radius 1 is 1.33 bits per heavy atom. The molecule has 0 fully saturated rings. The molecule has 0 saturated heterocycles. The molecule has 66 valence electrons. The summed E-state index contributed by atoms with van der Waals surface area (Å²) in [6.07, 6.45) is 1.91. The molecule has 0 aromatic carbocycles. The molecule has 3 heteroatoms. The largest absolute Gasteiger partial charge is 0.249 e. The van der Waals surface area contributed by atoms with Crippen LogP contribution in [0.15, 0.2) is 23.4 Å². The van der Waals surface area contributed by atoms with Gasteiger partial charge in [0.1, 0.15) is 5.03 Å². The molecule has 0 aliphatic carbocycles. The van der Waals surface area contributed by atoms with Gasteiger partial charge in [-0.2, -0.15) is 0 Å². The molecule has 0 N–H and O–H groups in total. The van der Waals surface area contributed by atoms with Gasteiger partial charge in [-0.3, -0.25) is 0 Å². The highest BCUT2D eigenvalue weighted by Crippen LogP contribution is 2.32. The van der Waals surface area contributed by atoms with E-state index in [2.05, 4.69) is 37.9 Å². The van der Waals surface area contributed by atoms with Crippen LogP contribution in [0.25, 0.3) is 0 Å². The van der Waals surface area contributed by atoms with Crippen molar-refractivity contribution in [1.82, 2.24) is 4.98 Å². The van der Waals surface area contributed by atoms with Crippen LogP contribution in [0.2, 0.25) is 0 Å². The Morgan fingerprint density at radius 2 is 2.08 bits per heavy atom. The molecule has 1 aromatic rings. The van der Waals surface area contributed by atoms with Gasteiger partial charge in [-0.05, 0) is 29.3 Å². The summed E-state index contributed by atoms with van der Waals surface area (Å²) < 4.78 is 0. The van der Waals surface area contributed by atoms with Gasteiger partial charge in [0.15, 0.2) is 0 Å². The topological polar surface area (TPSA) is 12.9 Å². The van der Waals surface area contributed by atoms with E-state index in [0.717, 1.165) is 5.03 Å². The van der Waals surface area contributed by atoms with Gasteiger partial charge in [-0.25, -0.2) is 4.98 Å². The summed E-state index contributed by atoms with van der Waals surface area (Å²) in [6, 6.07) is 4.16. The molecule has 1 nitrogen and oxygen atoms in total. The third kappa shape index (κ3) is 3.50. The predicted octanol–water partition coefficient (Wildman–Crippen LogP) is 3.54. The van der Waals surface area contributed by atoms with Crippen molar-refractivity contribution in [3.63, 3.8) is 0 Å². The maximum Gasteiger partial charge on any atom is 0.106 e. The zero-order chi connectivity index (χ0) is 8.97. The maximum absolute atomic E-state index is 4.29. The Labute approximate surface area is 81.8 Å². The van der Waals surface area contributed by atoms with Gasteiger partial charge in [0.2, 0.25) is 0 Å². The molecule has 0 unspecified atom stereocenters. The van der Waals surface area contributed by atoms with Crippen molar-refractivity contribution in [2.24, 2.45) is 0 Å². The highest BCUT2D eigenvalue weighted by Gasteiger charge is 1.98. The number of aryl methyl sites for hydroxylation is 1. The Bertz CT molecular complexity index is 231. The minimum Gasteiger partial charge on any atom is -0.249 e. The lowest BCUT2D eigenvalue weighted by Gasteiger charge is -2.02. The number of rotatable bonds is 3. The molecule has 0 spiro atoms. The number of pyridine rings is 1. The van der Waals surface area contributed by atoms with Gasteiger partial charge in [0.25, 0.3) is 0 Å². The highest BCUT2D eigenvalue weighted by atomic mass is 33.1. The van der Waals surface area contributed by atoms with Crippen molar-refractivity contribution in [2.75, 3.05) is 0 Å². The van der Waals surface area contributed by atoms with Crippen LogP contribution >= 0.6 is 21.6 Å². The molecule has 12 heavy (non-hydrogen) atoms. The molecule has 0 aliphatic rings. The molecular formula is C9H13NS2. The molecular weight excluding hydrogens is 186 g/mol. The van der Waals surface area contributed by atoms with E-state index in [-0.39, 0.29) is 0 Å². The normalized spacial score (nSPS) is 10.7. The first-order chi connectivity index (χ1) is 5.68. The fraction of sp³-hybridized carbons (Fsp3) is 0.444. The molecule has 1 rings (SSSR count). The van der Waals surface area contributed by atoms with Crippen molar-refractivity contribution >= 4 is 21.6 Å². The number of hydrogen-bond donors (Lipinski definition) is 0. The zero-order valence-electron chi connectivity index (χ0n) is 7.57. The van der Waals surface area contributed by atoms with Gasteiger partial charge < -0.3 is 0 Å². The first-order valence-corrected chi connectivity index (χ1v) is 6.16. The highest BCUT2D eigenvalue weighted by molar-refractivity contribution is 8.76. The van der Waals surface area contributed by atoms with Crippen LogP contribution in [0.1, 0.15) is 19.4 Å². The first kappa shape index (κ1) is 9.93. The predicted molar refractivity (Wildman–Crippen MR) is 57.6 cm³/mol. The van der Waals surface area contributed by atoms with Crippen LogP contribution < -0.4 is 0 Å². The fourth-order valence-corrected chi connectivity index (χ4v) is 2.33. The molecule has 0 aliphatic heterocycles. The van der Waals surface area contributed by atoms with Crippen molar-refractivity contribution in [2.45, 2.75) is 31.0 Å². The van der Waals surface area contributed by atoms with Gasteiger partial charge in [0.05, 0.1) is 0 Å². The van der Waals surface area contributed by atoms with E-state index in [1.807, 2.05) is 17.0 Å². The number of hydrogen-bond acceptors (Lipinski definition) is 3. The Hall–Kier alpha value is -0.150. The molecule has 0 atom stereocenters. The van der Waals surface area contributed by atoms with E-state index < -0.39 is 0 Å². The molecule has 0 amide bonds.